The standard InChI is InChI=1S/C20H29IN2O3SSi/c1-13-11-27-18(22-13)23-17(24)14-8-15(21)10-16(9-14)25-20(5,26-28(6)7)12-19(2,3)4/h8-11,28H,12H2,1-7H3,(H,22,23,24). The largest absolute Gasteiger partial charge is 0.464 e. The predicted molar refractivity (Wildman–Crippen MR) is 127 cm³/mol. The molecule has 2 rings (SSSR count). The zero-order valence-corrected chi connectivity index (χ0v) is 21.7. The Balaban J connectivity index is 2.25. The average molecular weight is 533 g/mol. The summed E-state index contributed by atoms with van der Waals surface area (Å²) in [5, 5.41) is 5.35. The molecule has 1 N–H and O–H groups in total. The van der Waals surface area contributed by atoms with E-state index in [4.69, 9.17) is 9.16 Å². The SMILES string of the molecule is Cc1csc(NC(=O)c2cc(I)cc(OC(C)(CC(C)(C)C)O[SiH](C)C)c2)n1. The first kappa shape index (κ1) is 23.3. The summed E-state index contributed by atoms with van der Waals surface area (Å²) >= 11 is 3.61. The number of benzene rings is 1. The Kier molecular flexibility index (Phi) is 7.68. The van der Waals surface area contributed by atoms with Gasteiger partial charge in [0.1, 0.15) is 5.75 Å². The Hall–Kier alpha value is -0.973. The van der Waals surface area contributed by atoms with Crippen molar-refractivity contribution in [2.24, 2.45) is 5.41 Å². The molecule has 5 nitrogen and oxygen atoms in total. The van der Waals surface area contributed by atoms with Crippen LogP contribution in [0, 0.1) is 15.9 Å². The summed E-state index contributed by atoms with van der Waals surface area (Å²) in [6.45, 7) is 14.7. The molecule has 1 aromatic heterocycles. The van der Waals surface area contributed by atoms with Gasteiger partial charge in [0.2, 0.25) is 0 Å². The van der Waals surface area contributed by atoms with Gasteiger partial charge in [-0.2, -0.15) is 0 Å². The molecule has 0 fully saturated rings. The maximum Gasteiger partial charge on any atom is 0.257 e. The molecule has 28 heavy (non-hydrogen) atoms. The summed E-state index contributed by atoms with van der Waals surface area (Å²) in [6.07, 6.45) is 0.747. The molecule has 1 amide bonds. The summed E-state index contributed by atoms with van der Waals surface area (Å²) in [5.74, 6) is -0.299. The van der Waals surface area contributed by atoms with Crippen LogP contribution < -0.4 is 10.1 Å². The second-order valence-corrected chi connectivity index (χ2v) is 13.0. The van der Waals surface area contributed by atoms with E-state index in [1.807, 2.05) is 31.4 Å². The number of thiazole rings is 1. The molecule has 1 aromatic carbocycles. The van der Waals surface area contributed by atoms with Crippen LogP contribution in [0.4, 0.5) is 5.13 Å². The van der Waals surface area contributed by atoms with E-state index in [1.54, 1.807) is 6.07 Å². The number of rotatable bonds is 7. The molecule has 1 unspecified atom stereocenters. The minimum absolute atomic E-state index is 0.0445. The fourth-order valence-corrected chi connectivity index (χ4v) is 5.60. The maximum absolute atomic E-state index is 12.7. The minimum atomic E-state index is -1.33. The van der Waals surface area contributed by atoms with Crippen molar-refractivity contribution in [1.29, 1.82) is 0 Å². The lowest BCUT2D eigenvalue weighted by atomic mass is 9.88. The van der Waals surface area contributed by atoms with E-state index in [9.17, 15) is 4.79 Å². The molecule has 0 aliphatic heterocycles. The first-order valence-corrected chi connectivity index (χ1v) is 14.0. The number of aryl methyl sites for hydroxylation is 1. The number of aromatic nitrogens is 1. The van der Waals surface area contributed by atoms with Crippen molar-refractivity contribution in [3.63, 3.8) is 0 Å². The number of amides is 1. The van der Waals surface area contributed by atoms with Gasteiger partial charge < -0.3 is 9.16 Å². The smallest absolute Gasteiger partial charge is 0.257 e. The van der Waals surface area contributed by atoms with E-state index >= 15 is 0 Å². The van der Waals surface area contributed by atoms with Gasteiger partial charge in [0.05, 0.1) is 5.69 Å². The first-order valence-electron chi connectivity index (χ1n) is 9.26. The summed E-state index contributed by atoms with van der Waals surface area (Å²) in [7, 11) is -1.33. The number of nitrogens with one attached hydrogen (secondary N) is 1. The fraction of sp³-hybridized carbons (Fsp3) is 0.500. The maximum atomic E-state index is 12.7. The van der Waals surface area contributed by atoms with E-state index < -0.39 is 14.8 Å². The van der Waals surface area contributed by atoms with Gasteiger partial charge in [0.15, 0.2) is 20.0 Å². The lowest BCUT2D eigenvalue weighted by molar-refractivity contribution is -0.124. The monoisotopic (exact) mass is 532 g/mol. The van der Waals surface area contributed by atoms with Crippen LogP contribution in [0.25, 0.3) is 0 Å². The van der Waals surface area contributed by atoms with Crippen LogP contribution in [-0.4, -0.2) is 25.7 Å². The van der Waals surface area contributed by atoms with Gasteiger partial charge in [0.25, 0.3) is 5.91 Å². The third-order valence-corrected chi connectivity index (χ3v) is 6.11. The Bertz CT molecular complexity index is 835. The molecule has 1 heterocycles. The highest BCUT2D eigenvalue weighted by molar-refractivity contribution is 14.1. The van der Waals surface area contributed by atoms with E-state index in [2.05, 4.69) is 66.8 Å². The van der Waals surface area contributed by atoms with Crippen LogP contribution in [0.1, 0.15) is 50.2 Å². The molecule has 0 bridgehead atoms. The van der Waals surface area contributed by atoms with Crippen molar-refractivity contribution in [3.05, 3.63) is 38.4 Å². The normalized spacial score (nSPS) is 14.0. The van der Waals surface area contributed by atoms with Crippen molar-refractivity contribution >= 4 is 54.0 Å². The Labute approximate surface area is 187 Å². The van der Waals surface area contributed by atoms with Crippen molar-refractivity contribution in [2.45, 2.75) is 59.9 Å². The molecule has 2 aromatic rings. The molecule has 154 valence electrons. The molecular formula is C20H29IN2O3SSi. The molecule has 0 spiro atoms. The summed E-state index contributed by atoms with van der Waals surface area (Å²) < 4.78 is 13.5. The van der Waals surface area contributed by atoms with Crippen LogP contribution in [-0.2, 0) is 4.43 Å². The number of nitrogens with zero attached hydrogens (tertiary/aromatic N) is 1. The van der Waals surface area contributed by atoms with Gasteiger partial charge in [-0.15, -0.1) is 11.3 Å². The van der Waals surface area contributed by atoms with Crippen LogP contribution in [0.3, 0.4) is 0 Å². The highest BCUT2D eigenvalue weighted by atomic mass is 127. The third kappa shape index (κ3) is 7.45. The molecule has 0 radical (unpaired) electrons. The lowest BCUT2D eigenvalue weighted by Gasteiger charge is -2.37. The van der Waals surface area contributed by atoms with Gasteiger partial charge >= 0.3 is 0 Å². The van der Waals surface area contributed by atoms with Gasteiger partial charge in [-0.1, -0.05) is 20.8 Å². The van der Waals surface area contributed by atoms with Gasteiger partial charge in [-0.05, 0) is 66.2 Å². The van der Waals surface area contributed by atoms with E-state index in [-0.39, 0.29) is 11.3 Å². The third-order valence-electron chi connectivity index (χ3n) is 3.64. The molecule has 0 saturated heterocycles. The Morgan fingerprint density at radius 1 is 1.25 bits per heavy atom. The number of hydrogen-bond acceptors (Lipinski definition) is 5. The van der Waals surface area contributed by atoms with Crippen LogP contribution >= 0.6 is 33.9 Å². The minimum Gasteiger partial charge on any atom is -0.464 e. The highest BCUT2D eigenvalue weighted by Crippen LogP contribution is 2.33. The van der Waals surface area contributed by atoms with E-state index in [1.165, 1.54) is 11.3 Å². The zero-order chi connectivity index (χ0) is 21.1. The number of carbonyl (C=O) groups excluding carboxylic acids is 1. The van der Waals surface area contributed by atoms with Crippen molar-refractivity contribution in [1.82, 2.24) is 4.98 Å². The molecule has 0 aliphatic carbocycles. The molecule has 0 saturated carbocycles. The fourth-order valence-electron chi connectivity index (χ4n) is 3.15. The van der Waals surface area contributed by atoms with Gasteiger partial charge in [-0.25, -0.2) is 4.98 Å². The summed E-state index contributed by atoms with van der Waals surface area (Å²) in [4.78, 5) is 17.0. The van der Waals surface area contributed by atoms with Crippen molar-refractivity contribution < 1.29 is 14.0 Å². The highest BCUT2D eigenvalue weighted by Gasteiger charge is 2.34. The number of anilines is 1. The Morgan fingerprint density at radius 2 is 1.93 bits per heavy atom. The summed E-state index contributed by atoms with van der Waals surface area (Å²) in [5.41, 5.74) is 1.47. The van der Waals surface area contributed by atoms with E-state index in [0.717, 1.165) is 15.7 Å². The number of hydrogen-bond donors (Lipinski definition) is 1. The molecule has 1 atom stereocenters. The predicted octanol–water partition coefficient (Wildman–Crippen LogP) is 5.84. The molecule has 8 heteroatoms. The second kappa shape index (κ2) is 9.23. The molecule has 0 aliphatic rings. The summed E-state index contributed by atoms with van der Waals surface area (Å²) in [6, 6.07) is 5.53. The van der Waals surface area contributed by atoms with Gasteiger partial charge in [0, 0.05) is 27.9 Å². The Morgan fingerprint density at radius 3 is 2.46 bits per heavy atom. The van der Waals surface area contributed by atoms with Crippen LogP contribution in [0.5, 0.6) is 5.75 Å². The molecular weight excluding hydrogens is 503 g/mol. The van der Waals surface area contributed by atoms with Crippen molar-refractivity contribution in [3.8, 4) is 5.75 Å². The number of ether oxygens (including phenoxy) is 1. The zero-order valence-electron chi connectivity index (χ0n) is 17.6. The van der Waals surface area contributed by atoms with Crippen LogP contribution in [0.15, 0.2) is 23.6 Å². The number of halogens is 1. The van der Waals surface area contributed by atoms with Crippen molar-refractivity contribution in [2.75, 3.05) is 5.32 Å². The van der Waals surface area contributed by atoms with E-state index in [0.29, 0.717) is 16.4 Å². The first-order chi connectivity index (χ1) is 12.8. The van der Waals surface area contributed by atoms with Gasteiger partial charge in [-0.3, -0.25) is 10.1 Å². The number of carbonyl (C=O) groups is 1. The average Bonchev–Trinajstić information content (AvgIpc) is 2.88. The second-order valence-electron chi connectivity index (χ2n) is 8.56. The topological polar surface area (TPSA) is 60.5 Å². The van der Waals surface area contributed by atoms with Crippen LogP contribution in [0.2, 0.25) is 13.1 Å². The quantitative estimate of drug-likeness (QED) is 0.277. The lowest BCUT2D eigenvalue weighted by Crippen LogP contribution is -2.42.